The van der Waals surface area contributed by atoms with Crippen molar-refractivity contribution >= 4 is 11.0 Å². The van der Waals surface area contributed by atoms with Crippen LogP contribution in [0, 0.1) is 0 Å². The van der Waals surface area contributed by atoms with Gasteiger partial charge in [0.05, 0.1) is 19.5 Å². The Morgan fingerprint density at radius 2 is 2.00 bits per heavy atom. The Bertz CT molecular complexity index is 443. The van der Waals surface area contributed by atoms with E-state index in [0.717, 1.165) is 5.39 Å². The van der Waals surface area contributed by atoms with Crippen molar-refractivity contribution in [3.05, 3.63) is 24.5 Å². The Kier molecular flexibility index (Phi) is 1.73. The average molecular weight is 176 g/mol. The summed E-state index contributed by atoms with van der Waals surface area (Å²) in [6.07, 6.45) is 2.95. The van der Waals surface area contributed by atoms with Crippen molar-refractivity contribution in [3.63, 3.8) is 0 Å². The third-order valence-corrected chi connectivity index (χ3v) is 1.73. The first-order chi connectivity index (χ1) is 6.29. The van der Waals surface area contributed by atoms with Crippen molar-refractivity contribution in [1.29, 1.82) is 0 Å². The lowest BCUT2D eigenvalue weighted by Crippen LogP contribution is -1.87. The Morgan fingerprint density at radius 1 is 1.23 bits per heavy atom. The molecule has 0 bridgehead atoms. The normalized spacial score (nSPS) is 10.2. The summed E-state index contributed by atoms with van der Waals surface area (Å²) < 4.78 is 4.99. The van der Waals surface area contributed by atoms with Crippen molar-refractivity contribution in [3.8, 4) is 11.5 Å². The molecule has 0 atom stereocenters. The van der Waals surface area contributed by atoms with Gasteiger partial charge >= 0.3 is 0 Å². The van der Waals surface area contributed by atoms with Gasteiger partial charge in [0.2, 0.25) is 0 Å². The second-order valence-corrected chi connectivity index (χ2v) is 2.62. The molecule has 0 aliphatic carbocycles. The van der Waals surface area contributed by atoms with Gasteiger partial charge in [-0.3, -0.25) is 0 Å². The molecule has 2 rings (SSSR count). The molecule has 0 amide bonds. The third-order valence-electron chi connectivity index (χ3n) is 1.73. The van der Waals surface area contributed by atoms with E-state index in [-0.39, 0.29) is 5.75 Å². The molecule has 2 aromatic rings. The van der Waals surface area contributed by atoms with Crippen LogP contribution < -0.4 is 4.74 Å². The van der Waals surface area contributed by atoms with Crippen LogP contribution in [0.4, 0.5) is 0 Å². The van der Waals surface area contributed by atoms with Crippen molar-refractivity contribution in [1.82, 2.24) is 9.97 Å². The number of rotatable bonds is 1. The quantitative estimate of drug-likeness (QED) is 0.712. The maximum Gasteiger partial charge on any atom is 0.159 e. The van der Waals surface area contributed by atoms with E-state index in [9.17, 15) is 0 Å². The third kappa shape index (κ3) is 1.38. The van der Waals surface area contributed by atoms with Crippen molar-refractivity contribution in [2.45, 2.75) is 0 Å². The van der Waals surface area contributed by atoms with Gasteiger partial charge in [-0.25, -0.2) is 9.97 Å². The van der Waals surface area contributed by atoms with Crippen LogP contribution in [0.25, 0.3) is 11.0 Å². The van der Waals surface area contributed by atoms with Gasteiger partial charge in [-0.2, -0.15) is 0 Å². The summed E-state index contributed by atoms with van der Waals surface area (Å²) in [5.41, 5.74) is 0.596. The zero-order valence-electron chi connectivity index (χ0n) is 7.06. The zero-order valence-corrected chi connectivity index (χ0v) is 7.06. The Hall–Kier alpha value is -1.84. The molecule has 0 fully saturated rings. The SMILES string of the molecule is COc1cnc2ncc(O)cc2c1. The monoisotopic (exact) mass is 176 g/mol. The number of ether oxygens (including phenoxy) is 1. The molecule has 0 radical (unpaired) electrons. The number of hydrogen-bond donors (Lipinski definition) is 1. The largest absolute Gasteiger partial charge is 0.506 e. The molecule has 13 heavy (non-hydrogen) atoms. The van der Waals surface area contributed by atoms with Gasteiger partial charge in [-0.15, -0.1) is 0 Å². The standard InChI is InChI=1S/C9H8N2O2/c1-13-8-3-6-2-7(12)4-10-9(6)11-5-8/h2-5,12H,1H3. The number of methoxy groups -OCH3 is 1. The van der Waals surface area contributed by atoms with E-state index in [2.05, 4.69) is 9.97 Å². The van der Waals surface area contributed by atoms with Gasteiger partial charge in [-0.05, 0) is 12.1 Å². The fraction of sp³-hybridized carbons (Fsp3) is 0.111. The molecule has 4 nitrogen and oxygen atoms in total. The second kappa shape index (κ2) is 2.90. The molecular weight excluding hydrogens is 168 g/mol. The summed E-state index contributed by atoms with van der Waals surface area (Å²) in [6.45, 7) is 0. The smallest absolute Gasteiger partial charge is 0.159 e. The molecular formula is C9H8N2O2. The van der Waals surface area contributed by atoms with Gasteiger partial charge in [0.25, 0.3) is 0 Å². The van der Waals surface area contributed by atoms with Crippen LogP contribution in [0.3, 0.4) is 0 Å². The predicted molar refractivity (Wildman–Crippen MR) is 47.8 cm³/mol. The maximum atomic E-state index is 9.16. The van der Waals surface area contributed by atoms with E-state index < -0.39 is 0 Å². The first-order valence-electron chi connectivity index (χ1n) is 3.78. The fourth-order valence-corrected chi connectivity index (χ4v) is 1.10. The molecule has 2 heterocycles. The van der Waals surface area contributed by atoms with Crippen molar-refractivity contribution in [2.24, 2.45) is 0 Å². The highest BCUT2D eigenvalue weighted by Gasteiger charge is 1.99. The van der Waals surface area contributed by atoms with Crippen LogP contribution >= 0.6 is 0 Å². The Morgan fingerprint density at radius 3 is 2.77 bits per heavy atom. The van der Waals surface area contributed by atoms with Gasteiger partial charge in [-0.1, -0.05) is 0 Å². The summed E-state index contributed by atoms with van der Waals surface area (Å²) in [4.78, 5) is 7.99. The van der Waals surface area contributed by atoms with E-state index in [4.69, 9.17) is 9.84 Å². The van der Waals surface area contributed by atoms with E-state index in [1.54, 1.807) is 25.4 Å². The summed E-state index contributed by atoms with van der Waals surface area (Å²) >= 11 is 0. The molecule has 0 aliphatic rings. The van der Waals surface area contributed by atoms with Crippen molar-refractivity contribution in [2.75, 3.05) is 7.11 Å². The van der Waals surface area contributed by atoms with E-state index >= 15 is 0 Å². The Balaban J connectivity index is 2.68. The van der Waals surface area contributed by atoms with Crippen LogP contribution in [-0.4, -0.2) is 22.2 Å². The van der Waals surface area contributed by atoms with Gasteiger partial charge in [0.1, 0.15) is 11.5 Å². The van der Waals surface area contributed by atoms with E-state index in [0.29, 0.717) is 11.4 Å². The van der Waals surface area contributed by atoms with Crippen molar-refractivity contribution < 1.29 is 9.84 Å². The maximum absolute atomic E-state index is 9.16. The fourth-order valence-electron chi connectivity index (χ4n) is 1.10. The molecule has 2 aromatic heterocycles. The highest BCUT2D eigenvalue weighted by molar-refractivity contribution is 5.77. The highest BCUT2D eigenvalue weighted by Crippen LogP contribution is 2.19. The first kappa shape index (κ1) is 7.79. The minimum atomic E-state index is 0.127. The molecule has 0 saturated carbocycles. The number of fused-ring (bicyclic) bond motifs is 1. The minimum absolute atomic E-state index is 0.127. The van der Waals surface area contributed by atoms with Crippen LogP contribution in [0.1, 0.15) is 0 Å². The number of hydrogen-bond acceptors (Lipinski definition) is 4. The predicted octanol–water partition coefficient (Wildman–Crippen LogP) is 1.34. The van der Waals surface area contributed by atoms with Gasteiger partial charge < -0.3 is 9.84 Å². The van der Waals surface area contributed by atoms with E-state index in [1.165, 1.54) is 6.20 Å². The molecule has 0 spiro atoms. The van der Waals surface area contributed by atoms with E-state index in [1.807, 2.05) is 0 Å². The molecule has 0 aromatic carbocycles. The lowest BCUT2D eigenvalue weighted by molar-refractivity contribution is 0.413. The molecule has 1 N–H and O–H groups in total. The summed E-state index contributed by atoms with van der Waals surface area (Å²) in [5, 5.41) is 9.93. The molecule has 0 saturated heterocycles. The molecule has 66 valence electrons. The molecule has 4 heteroatoms. The first-order valence-corrected chi connectivity index (χ1v) is 3.78. The lowest BCUT2D eigenvalue weighted by atomic mass is 10.3. The average Bonchev–Trinajstić information content (AvgIpc) is 2.16. The molecule has 0 unspecified atom stereocenters. The number of aromatic nitrogens is 2. The van der Waals surface area contributed by atoms with Gasteiger partial charge in [0, 0.05) is 5.39 Å². The number of pyridine rings is 2. The topological polar surface area (TPSA) is 55.2 Å². The summed E-state index contributed by atoms with van der Waals surface area (Å²) in [7, 11) is 1.57. The lowest BCUT2D eigenvalue weighted by Gasteiger charge is -2.00. The minimum Gasteiger partial charge on any atom is -0.506 e. The summed E-state index contributed by atoms with van der Waals surface area (Å²) in [6, 6.07) is 3.37. The Labute approximate surface area is 74.8 Å². The highest BCUT2D eigenvalue weighted by atomic mass is 16.5. The van der Waals surface area contributed by atoms with Gasteiger partial charge in [0.15, 0.2) is 5.65 Å². The second-order valence-electron chi connectivity index (χ2n) is 2.62. The molecule has 0 aliphatic heterocycles. The zero-order chi connectivity index (χ0) is 9.26. The van der Waals surface area contributed by atoms with Crippen LogP contribution in [0.2, 0.25) is 0 Å². The van der Waals surface area contributed by atoms with Crippen LogP contribution in [0.15, 0.2) is 24.5 Å². The van der Waals surface area contributed by atoms with Crippen LogP contribution in [0.5, 0.6) is 11.5 Å². The summed E-state index contributed by atoms with van der Waals surface area (Å²) in [5.74, 6) is 0.780. The van der Waals surface area contributed by atoms with Crippen LogP contribution in [-0.2, 0) is 0 Å². The number of nitrogens with zero attached hydrogens (tertiary/aromatic N) is 2. The number of aromatic hydroxyl groups is 1.